The molecule has 0 unspecified atom stereocenters. The van der Waals surface area contributed by atoms with Gasteiger partial charge in [0.15, 0.2) is 0 Å². The number of halogens is 1. The molecule has 0 atom stereocenters. The molecular formula is C32H33FN4O2. The van der Waals surface area contributed by atoms with Crippen LogP contribution < -0.4 is 5.32 Å². The Balaban J connectivity index is 1.17. The van der Waals surface area contributed by atoms with E-state index in [-0.39, 0.29) is 22.7 Å². The van der Waals surface area contributed by atoms with Crippen LogP contribution in [0.25, 0.3) is 11.4 Å². The molecule has 1 aromatic heterocycles. The number of likely N-dealkylation sites (tertiary alicyclic amines) is 1. The summed E-state index contributed by atoms with van der Waals surface area (Å²) in [6.07, 6.45) is 3.84. The van der Waals surface area contributed by atoms with Crippen molar-refractivity contribution in [2.75, 3.05) is 19.6 Å². The van der Waals surface area contributed by atoms with Crippen molar-refractivity contribution in [2.24, 2.45) is 0 Å². The van der Waals surface area contributed by atoms with Crippen LogP contribution in [0.2, 0.25) is 0 Å². The Morgan fingerprint density at radius 3 is 2.13 bits per heavy atom. The van der Waals surface area contributed by atoms with E-state index >= 15 is 0 Å². The summed E-state index contributed by atoms with van der Waals surface area (Å²) in [7, 11) is 0. The smallest absolute Gasteiger partial charge is 0.253 e. The van der Waals surface area contributed by atoms with Gasteiger partial charge in [0, 0.05) is 48.6 Å². The second kappa shape index (κ2) is 10.0. The van der Waals surface area contributed by atoms with E-state index in [4.69, 9.17) is 4.52 Å². The van der Waals surface area contributed by atoms with E-state index in [1.807, 2.05) is 41.3 Å². The van der Waals surface area contributed by atoms with Crippen molar-refractivity contribution in [3.8, 4) is 11.4 Å². The van der Waals surface area contributed by atoms with E-state index in [2.05, 4.69) is 46.6 Å². The predicted molar refractivity (Wildman–Crippen MR) is 148 cm³/mol. The number of benzene rings is 3. The molecule has 2 aliphatic rings. The van der Waals surface area contributed by atoms with Crippen molar-refractivity contribution in [1.82, 2.24) is 20.4 Å². The first kappa shape index (κ1) is 25.4. The van der Waals surface area contributed by atoms with Gasteiger partial charge in [0.2, 0.25) is 11.7 Å². The zero-order chi connectivity index (χ0) is 27.0. The van der Waals surface area contributed by atoms with Gasteiger partial charge in [0.05, 0.1) is 0 Å². The molecule has 6 rings (SSSR count). The monoisotopic (exact) mass is 524 g/mol. The van der Waals surface area contributed by atoms with Crippen molar-refractivity contribution < 1.29 is 13.7 Å². The first-order chi connectivity index (χ1) is 18.9. The zero-order valence-electron chi connectivity index (χ0n) is 22.4. The van der Waals surface area contributed by atoms with Gasteiger partial charge in [-0.15, -0.1) is 0 Å². The predicted octanol–water partition coefficient (Wildman–Crippen LogP) is 5.95. The summed E-state index contributed by atoms with van der Waals surface area (Å²) in [6, 6.07) is 23.1. The normalized spacial score (nSPS) is 17.7. The Bertz CT molecular complexity index is 1450. The highest BCUT2D eigenvalue weighted by atomic mass is 19.1. The highest BCUT2D eigenvalue weighted by Crippen LogP contribution is 2.47. The number of hydrogen-bond donors (Lipinski definition) is 1. The highest BCUT2D eigenvalue weighted by molar-refractivity contribution is 5.94. The first-order valence-corrected chi connectivity index (χ1v) is 13.6. The van der Waals surface area contributed by atoms with Crippen LogP contribution in [0.1, 0.15) is 58.6 Å². The van der Waals surface area contributed by atoms with E-state index in [0.29, 0.717) is 30.4 Å². The lowest BCUT2D eigenvalue weighted by molar-refractivity contribution is 0.0661. The minimum Gasteiger partial charge on any atom is -0.339 e. The maximum absolute atomic E-state index is 13.5. The third kappa shape index (κ3) is 5.11. The first-order valence-electron chi connectivity index (χ1n) is 13.6. The Morgan fingerprint density at radius 1 is 0.897 bits per heavy atom. The lowest BCUT2D eigenvalue weighted by Gasteiger charge is -2.43. The average molecular weight is 525 g/mol. The quantitative estimate of drug-likeness (QED) is 0.324. The van der Waals surface area contributed by atoms with E-state index < -0.39 is 0 Å². The summed E-state index contributed by atoms with van der Waals surface area (Å²) in [6.45, 7) is 6.04. The van der Waals surface area contributed by atoms with E-state index in [1.165, 1.54) is 11.1 Å². The fourth-order valence-corrected chi connectivity index (χ4v) is 5.77. The molecule has 1 amide bonds. The van der Waals surface area contributed by atoms with Gasteiger partial charge < -0.3 is 14.7 Å². The SMILES string of the molecule is Cc1ccc(C2(CNC3(c4ccc(F)cc4)CC3)CCN(C(=O)c3ccc(-c4noc(C)n4)cc3)CC2)cc1. The maximum atomic E-state index is 13.5. The number of rotatable bonds is 7. The van der Waals surface area contributed by atoms with Crippen molar-refractivity contribution in [3.05, 3.63) is 107 Å². The average Bonchev–Trinajstić information content (AvgIpc) is 3.64. The van der Waals surface area contributed by atoms with E-state index in [0.717, 1.165) is 43.4 Å². The summed E-state index contributed by atoms with van der Waals surface area (Å²) < 4.78 is 18.6. The van der Waals surface area contributed by atoms with Crippen LogP contribution in [0, 0.1) is 19.7 Å². The lowest BCUT2D eigenvalue weighted by atomic mass is 9.72. The number of piperidine rings is 1. The molecule has 7 heteroatoms. The molecule has 2 heterocycles. The Hall–Kier alpha value is -3.84. The molecule has 200 valence electrons. The summed E-state index contributed by atoms with van der Waals surface area (Å²) in [5, 5.41) is 7.84. The summed E-state index contributed by atoms with van der Waals surface area (Å²) in [5.74, 6) is 0.868. The molecule has 6 nitrogen and oxygen atoms in total. The number of aryl methyl sites for hydroxylation is 2. The molecule has 3 aromatic carbocycles. The molecule has 0 bridgehead atoms. The van der Waals surface area contributed by atoms with Crippen LogP contribution in [0.3, 0.4) is 0 Å². The Labute approximate surface area is 228 Å². The summed E-state index contributed by atoms with van der Waals surface area (Å²) >= 11 is 0. The van der Waals surface area contributed by atoms with Crippen LogP contribution in [0.15, 0.2) is 77.3 Å². The van der Waals surface area contributed by atoms with Gasteiger partial charge in [-0.05, 0) is 68.0 Å². The van der Waals surface area contributed by atoms with Gasteiger partial charge in [-0.1, -0.05) is 59.3 Å². The van der Waals surface area contributed by atoms with Crippen LogP contribution >= 0.6 is 0 Å². The van der Waals surface area contributed by atoms with Gasteiger partial charge in [0.25, 0.3) is 5.91 Å². The van der Waals surface area contributed by atoms with Crippen molar-refractivity contribution in [3.63, 3.8) is 0 Å². The fraction of sp³-hybridized carbons (Fsp3) is 0.344. The van der Waals surface area contributed by atoms with E-state index in [9.17, 15) is 9.18 Å². The number of carbonyl (C=O) groups excluding carboxylic acids is 1. The van der Waals surface area contributed by atoms with Gasteiger partial charge in [0.1, 0.15) is 5.82 Å². The van der Waals surface area contributed by atoms with Gasteiger partial charge in [-0.3, -0.25) is 4.79 Å². The maximum Gasteiger partial charge on any atom is 0.253 e. The molecule has 1 N–H and O–H groups in total. The lowest BCUT2D eigenvalue weighted by Crippen LogP contribution is -2.51. The van der Waals surface area contributed by atoms with Crippen LogP contribution in [-0.4, -0.2) is 40.6 Å². The van der Waals surface area contributed by atoms with Crippen LogP contribution in [0.4, 0.5) is 4.39 Å². The molecule has 0 spiro atoms. The number of carbonyl (C=O) groups is 1. The minimum absolute atomic E-state index is 0.0429. The molecule has 0 radical (unpaired) electrons. The number of aromatic nitrogens is 2. The Morgan fingerprint density at radius 2 is 1.54 bits per heavy atom. The highest BCUT2D eigenvalue weighted by Gasteiger charge is 2.47. The molecule has 1 saturated heterocycles. The van der Waals surface area contributed by atoms with E-state index in [1.54, 1.807) is 19.1 Å². The van der Waals surface area contributed by atoms with Crippen LogP contribution in [0.5, 0.6) is 0 Å². The Kier molecular flexibility index (Phi) is 6.55. The second-order valence-corrected chi connectivity index (χ2v) is 11.1. The molecular weight excluding hydrogens is 491 g/mol. The molecule has 2 fully saturated rings. The molecule has 1 aliphatic carbocycles. The summed E-state index contributed by atoms with van der Waals surface area (Å²) in [5.41, 5.74) is 5.00. The van der Waals surface area contributed by atoms with Crippen molar-refractivity contribution >= 4 is 5.91 Å². The molecule has 1 saturated carbocycles. The topological polar surface area (TPSA) is 71.3 Å². The fourth-order valence-electron chi connectivity index (χ4n) is 5.77. The van der Waals surface area contributed by atoms with Gasteiger partial charge in [-0.25, -0.2) is 4.39 Å². The largest absolute Gasteiger partial charge is 0.339 e. The standard InChI is InChI=1S/C32H33FN4O2/c1-22-3-9-26(10-4-22)31(21-34-32(15-16-32)27-11-13-28(33)14-12-27)17-19-37(20-18-31)30(38)25-7-5-24(6-8-25)29-35-23(2)39-36-29/h3-14,34H,15-21H2,1-2H3. The van der Waals surface area contributed by atoms with Crippen LogP contribution in [-0.2, 0) is 11.0 Å². The third-order valence-electron chi connectivity index (χ3n) is 8.50. The second-order valence-electron chi connectivity index (χ2n) is 11.1. The molecule has 1 aliphatic heterocycles. The molecule has 4 aromatic rings. The van der Waals surface area contributed by atoms with Gasteiger partial charge >= 0.3 is 0 Å². The number of amides is 1. The van der Waals surface area contributed by atoms with Crippen molar-refractivity contribution in [2.45, 2.75) is 50.5 Å². The molecule has 39 heavy (non-hydrogen) atoms. The number of nitrogens with zero attached hydrogens (tertiary/aromatic N) is 3. The van der Waals surface area contributed by atoms with Crippen molar-refractivity contribution in [1.29, 1.82) is 0 Å². The summed E-state index contributed by atoms with van der Waals surface area (Å²) in [4.78, 5) is 19.6. The number of nitrogens with one attached hydrogen (secondary N) is 1. The number of hydrogen-bond acceptors (Lipinski definition) is 5. The van der Waals surface area contributed by atoms with Gasteiger partial charge in [-0.2, -0.15) is 4.98 Å². The minimum atomic E-state index is -0.206. The third-order valence-corrected chi connectivity index (χ3v) is 8.50. The zero-order valence-corrected chi connectivity index (χ0v) is 22.4.